The van der Waals surface area contributed by atoms with Crippen LogP contribution < -0.4 is 5.32 Å². The molecule has 1 aliphatic carbocycles. The Balaban J connectivity index is 1.65. The lowest BCUT2D eigenvalue weighted by molar-refractivity contribution is 0.164. The standard InChI is InChI=1S/C17H28N2/c1-2-19(17-11-7-4-8-12-17)14-13-18-15-16-9-5-3-6-10-16/h3,5-6,9-10,17-18H,2,4,7-8,11-15H2,1H3. The largest absolute Gasteiger partial charge is 0.311 e. The lowest BCUT2D eigenvalue weighted by atomic mass is 9.94. The number of hydrogen-bond acceptors (Lipinski definition) is 2. The molecule has 1 saturated carbocycles. The first-order valence-electron chi connectivity index (χ1n) is 7.89. The highest BCUT2D eigenvalue weighted by Crippen LogP contribution is 2.21. The molecular weight excluding hydrogens is 232 g/mol. The summed E-state index contributed by atoms with van der Waals surface area (Å²) < 4.78 is 0. The van der Waals surface area contributed by atoms with E-state index in [4.69, 9.17) is 0 Å². The van der Waals surface area contributed by atoms with E-state index in [1.807, 2.05) is 0 Å². The zero-order valence-corrected chi connectivity index (χ0v) is 12.3. The van der Waals surface area contributed by atoms with Crippen LogP contribution in [0.1, 0.15) is 44.6 Å². The highest BCUT2D eigenvalue weighted by molar-refractivity contribution is 5.14. The lowest BCUT2D eigenvalue weighted by Crippen LogP contribution is -2.40. The zero-order valence-electron chi connectivity index (χ0n) is 12.3. The van der Waals surface area contributed by atoms with Crippen molar-refractivity contribution in [2.75, 3.05) is 19.6 Å². The minimum absolute atomic E-state index is 0.845. The molecule has 2 rings (SSSR count). The van der Waals surface area contributed by atoms with Crippen LogP contribution in [0.4, 0.5) is 0 Å². The number of rotatable bonds is 7. The number of hydrogen-bond donors (Lipinski definition) is 1. The number of likely N-dealkylation sites (N-methyl/N-ethyl adjacent to an activating group) is 1. The molecule has 106 valence electrons. The van der Waals surface area contributed by atoms with Crippen molar-refractivity contribution in [1.29, 1.82) is 0 Å². The summed E-state index contributed by atoms with van der Waals surface area (Å²) in [5.41, 5.74) is 1.38. The molecule has 0 heterocycles. The summed E-state index contributed by atoms with van der Waals surface area (Å²) in [4.78, 5) is 2.66. The van der Waals surface area contributed by atoms with Crippen LogP contribution in [0, 0.1) is 0 Å². The molecular formula is C17H28N2. The predicted octanol–water partition coefficient (Wildman–Crippen LogP) is 3.43. The van der Waals surface area contributed by atoms with Crippen LogP contribution >= 0.6 is 0 Å². The van der Waals surface area contributed by atoms with Crippen molar-refractivity contribution in [2.45, 2.75) is 51.6 Å². The van der Waals surface area contributed by atoms with E-state index < -0.39 is 0 Å². The fraction of sp³-hybridized carbons (Fsp3) is 0.647. The average molecular weight is 260 g/mol. The van der Waals surface area contributed by atoms with Gasteiger partial charge < -0.3 is 5.32 Å². The quantitative estimate of drug-likeness (QED) is 0.756. The molecule has 1 aliphatic rings. The molecule has 1 N–H and O–H groups in total. The molecule has 0 aromatic heterocycles. The third-order valence-corrected chi connectivity index (χ3v) is 4.25. The molecule has 0 radical (unpaired) electrons. The van der Waals surface area contributed by atoms with Crippen LogP contribution in [-0.4, -0.2) is 30.6 Å². The van der Waals surface area contributed by atoms with Crippen LogP contribution in [-0.2, 0) is 6.54 Å². The summed E-state index contributed by atoms with van der Waals surface area (Å²) in [7, 11) is 0. The molecule has 1 aromatic rings. The van der Waals surface area contributed by atoms with Crippen molar-refractivity contribution in [3.8, 4) is 0 Å². The second kappa shape index (κ2) is 8.34. The Labute approximate surface area is 118 Å². The smallest absolute Gasteiger partial charge is 0.0206 e. The molecule has 0 bridgehead atoms. The van der Waals surface area contributed by atoms with Crippen LogP contribution in [0.2, 0.25) is 0 Å². The summed E-state index contributed by atoms with van der Waals surface area (Å²) in [5.74, 6) is 0. The Kier molecular flexibility index (Phi) is 6.38. The van der Waals surface area contributed by atoms with Gasteiger partial charge in [0.2, 0.25) is 0 Å². The van der Waals surface area contributed by atoms with Gasteiger partial charge in [-0.25, -0.2) is 0 Å². The van der Waals surface area contributed by atoms with Gasteiger partial charge in [-0.15, -0.1) is 0 Å². The molecule has 0 unspecified atom stereocenters. The van der Waals surface area contributed by atoms with Gasteiger partial charge in [0.1, 0.15) is 0 Å². The lowest BCUT2D eigenvalue weighted by Gasteiger charge is -2.33. The van der Waals surface area contributed by atoms with E-state index in [-0.39, 0.29) is 0 Å². The maximum atomic E-state index is 3.56. The molecule has 0 spiro atoms. The Bertz CT molecular complexity index is 330. The van der Waals surface area contributed by atoms with Gasteiger partial charge in [0.25, 0.3) is 0 Å². The van der Waals surface area contributed by atoms with Gasteiger partial charge >= 0.3 is 0 Å². The van der Waals surface area contributed by atoms with Gasteiger partial charge in [-0.2, -0.15) is 0 Å². The van der Waals surface area contributed by atoms with E-state index in [9.17, 15) is 0 Å². The summed E-state index contributed by atoms with van der Waals surface area (Å²) in [6, 6.07) is 11.5. The SMILES string of the molecule is CCN(CCNCc1ccccc1)C1CCCCC1. The molecule has 2 heteroatoms. The van der Waals surface area contributed by atoms with Crippen molar-refractivity contribution in [3.63, 3.8) is 0 Å². The van der Waals surface area contributed by atoms with E-state index in [0.29, 0.717) is 0 Å². The van der Waals surface area contributed by atoms with Crippen LogP contribution in [0.15, 0.2) is 30.3 Å². The van der Waals surface area contributed by atoms with Crippen molar-refractivity contribution in [3.05, 3.63) is 35.9 Å². The van der Waals surface area contributed by atoms with Gasteiger partial charge in [0, 0.05) is 25.7 Å². The summed E-state index contributed by atoms with van der Waals surface area (Å²) in [6.07, 6.45) is 7.12. The molecule has 19 heavy (non-hydrogen) atoms. The maximum Gasteiger partial charge on any atom is 0.0206 e. The third kappa shape index (κ3) is 4.96. The van der Waals surface area contributed by atoms with Crippen LogP contribution in [0.5, 0.6) is 0 Å². The van der Waals surface area contributed by atoms with Crippen LogP contribution in [0.3, 0.4) is 0 Å². The van der Waals surface area contributed by atoms with Crippen molar-refractivity contribution in [2.24, 2.45) is 0 Å². The van der Waals surface area contributed by atoms with E-state index in [1.54, 1.807) is 0 Å². The van der Waals surface area contributed by atoms with Crippen molar-refractivity contribution >= 4 is 0 Å². The molecule has 1 fully saturated rings. The molecule has 0 aliphatic heterocycles. The Morgan fingerprint density at radius 1 is 1.11 bits per heavy atom. The van der Waals surface area contributed by atoms with Crippen molar-refractivity contribution < 1.29 is 0 Å². The Morgan fingerprint density at radius 2 is 1.84 bits per heavy atom. The molecule has 0 saturated heterocycles. The first-order chi connectivity index (χ1) is 9.40. The number of benzene rings is 1. The molecule has 0 atom stereocenters. The normalized spacial score (nSPS) is 16.9. The summed E-state index contributed by atoms with van der Waals surface area (Å²) in [6.45, 7) is 6.76. The predicted molar refractivity (Wildman–Crippen MR) is 82.3 cm³/mol. The van der Waals surface area contributed by atoms with Gasteiger partial charge in [-0.05, 0) is 24.9 Å². The van der Waals surface area contributed by atoms with Gasteiger partial charge in [-0.3, -0.25) is 4.90 Å². The monoisotopic (exact) mass is 260 g/mol. The molecule has 2 nitrogen and oxygen atoms in total. The van der Waals surface area contributed by atoms with E-state index in [1.165, 1.54) is 50.8 Å². The summed E-state index contributed by atoms with van der Waals surface area (Å²) >= 11 is 0. The second-order valence-corrected chi connectivity index (χ2v) is 5.58. The van der Waals surface area contributed by atoms with E-state index >= 15 is 0 Å². The minimum atomic E-state index is 0.845. The number of nitrogens with one attached hydrogen (secondary N) is 1. The molecule has 0 amide bonds. The van der Waals surface area contributed by atoms with Crippen LogP contribution in [0.25, 0.3) is 0 Å². The van der Waals surface area contributed by atoms with Gasteiger partial charge in [-0.1, -0.05) is 56.5 Å². The molecule has 1 aromatic carbocycles. The fourth-order valence-electron chi connectivity index (χ4n) is 3.10. The minimum Gasteiger partial charge on any atom is -0.311 e. The summed E-state index contributed by atoms with van der Waals surface area (Å²) in [5, 5.41) is 3.56. The van der Waals surface area contributed by atoms with E-state index in [0.717, 1.165) is 19.1 Å². The highest BCUT2D eigenvalue weighted by atomic mass is 15.2. The topological polar surface area (TPSA) is 15.3 Å². The third-order valence-electron chi connectivity index (χ3n) is 4.25. The van der Waals surface area contributed by atoms with E-state index in [2.05, 4.69) is 47.5 Å². The zero-order chi connectivity index (χ0) is 13.3. The highest BCUT2D eigenvalue weighted by Gasteiger charge is 2.18. The van der Waals surface area contributed by atoms with Crippen molar-refractivity contribution in [1.82, 2.24) is 10.2 Å². The second-order valence-electron chi connectivity index (χ2n) is 5.58. The maximum absolute atomic E-state index is 3.56. The number of nitrogens with zero attached hydrogens (tertiary/aromatic N) is 1. The first-order valence-corrected chi connectivity index (χ1v) is 7.89. The van der Waals surface area contributed by atoms with Gasteiger partial charge in [0.15, 0.2) is 0 Å². The average Bonchev–Trinajstić information content (AvgIpc) is 2.49. The van der Waals surface area contributed by atoms with Gasteiger partial charge in [0.05, 0.1) is 0 Å². The fourth-order valence-corrected chi connectivity index (χ4v) is 3.10. The Morgan fingerprint density at radius 3 is 2.53 bits per heavy atom. The Hall–Kier alpha value is -0.860. The first kappa shape index (κ1) is 14.5.